The molecule has 12 heteroatoms. The molecule has 2 aromatic carbocycles. The minimum atomic E-state index is -4.23. The van der Waals surface area contributed by atoms with Crippen molar-refractivity contribution in [2.45, 2.75) is 75.6 Å². The number of benzene rings is 2. The molecule has 1 unspecified atom stereocenters. The van der Waals surface area contributed by atoms with E-state index >= 15 is 0 Å². The Balaban J connectivity index is 1.46. The molecular formula is C32H41FN4O5S2. The molecule has 0 aliphatic carbocycles. The lowest BCUT2D eigenvalue weighted by molar-refractivity contribution is -0.137. The van der Waals surface area contributed by atoms with Gasteiger partial charge >= 0.3 is 5.97 Å². The molecule has 2 aliphatic rings. The summed E-state index contributed by atoms with van der Waals surface area (Å²) in [5.41, 5.74) is 2.79. The van der Waals surface area contributed by atoms with E-state index in [4.69, 9.17) is 0 Å². The molecule has 3 N–H and O–H groups in total. The highest BCUT2D eigenvalue weighted by molar-refractivity contribution is 7.89. The van der Waals surface area contributed by atoms with Gasteiger partial charge in [0.1, 0.15) is 10.9 Å². The number of nitrogens with one attached hydrogen (secondary N) is 2. The zero-order valence-electron chi connectivity index (χ0n) is 25.1. The van der Waals surface area contributed by atoms with E-state index in [9.17, 15) is 27.5 Å². The molecule has 1 fully saturated rings. The number of aliphatic carboxylic acids is 1. The Hall–Kier alpha value is -3.09. The number of aryl methyl sites for hydroxylation is 1. The highest BCUT2D eigenvalue weighted by atomic mass is 32.2. The van der Waals surface area contributed by atoms with Gasteiger partial charge in [-0.2, -0.15) is 4.72 Å². The van der Waals surface area contributed by atoms with E-state index in [0.717, 1.165) is 28.6 Å². The SMILES string of the molecule is CCCC1CNc2c(cc(CCC(=O)O)cc2S(=O)(=O)N[C@@H](Cc2nc3ccccc3s2)C(=O)N2CCC(CCF)CC2)C1. The molecule has 2 atom stereocenters. The maximum absolute atomic E-state index is 14.2. The van der Waals surface area contributed by atoms with Gasteiger partial charge in [0.15, 0.2) is 0 Å². The summed E-state index contributed by atoms with van der Waals surface area (Å²) in [5.74, 6) is -0.715. The number of carbonyl (C=O) groups is 2. The van der Waals surface area contributed by atoms with Crippen LogP contribution in [0.15, 0.2) is 41.3 Å². The molecule has 3 aromatic rings. The fourth-order valence-corrected chi connectivity index (χ4v) is 8.85. The standard InChI is InChI=1S/C32H41FN4O5S2/c1-2-5-23-17-24-16-22(8-9-30(38)39)18-28(31(24)34-20-23)44(41,42)36-26(19-29-35-25-6-3-4-7-27(25)43-29)32(40)37-14-11-21(10-13-33)12-15-37/h3-4,6-7,16,18,21,23,26,34,36H,2,5,8-15,17,19-20H2,1H3,(H,38,39)/t23?,26-/m0/s1. The zero-order valence-corrected chi connectivity index (χ0v) is 26.7. The number of amides is 1. The molecule has 0 saturated carbocycles. The number of hydrogen-bond acceptors (Lipinski definition) is 7. The number of carboxylic acid groups (broad SMARTS) is 1. The van der Waals surface area contributed by atoms with Crippen molar-refractivity contribution in [3.8, 4) is 0 Å². The first kappa shape index (κ1) is 32.3. The molecule has 44 heavy (non-hydrogen) atoms. The Labute approximate surface area is 262 Å². The third-order valence-electron chi connectivity index (χ3n) is 8.69. The number of halogens is 1. The van der Waals surface area contributed by atoms with E-state index < -0.39 is 22.0 Å². The maximum atomic E-state index is 14.2. The van der Waals surface area contributed by atoms with Gasteiger partial charge in [-0.3, -0.25) is 14.0 Å². The van der Waals surface area contributed by atoms with E-state index in [1.165, 1.54) is 11.3 Å². The Morgan fingerprint density at radius 1 is 1.18 bits per heavy atom. The summed E-state index contributed by atoms with van der Waals surface area (Å²) in [6.45, 7) is 3.26. The molecule has 0 bridgehead atoms. The van der Waals surface area contributed by atoms with E-state index in [1.807, 2.05) is 30.3 Å². The van der Waals surface area contributed by atoms with Crippen molar-refractivity contribution in [3.63, 3.8) is 0 Å². The predicted molar refractivity (Wildman–Crippen MR) is 170 cm³/mol. The monoisotopic (exact) mass is 644 g/mol. The van der Waals surface area contributed by atoms with Crippen molar-refractivity contribution >= 4 is 49.1 Å². The number of para-hydroxylation sites is 1. The van der Waals surface area contributed by atoms with Gasteiger partial charge in [0.05, 0.1) is 27.6 Å². The van der Waals surface area contributed by atoms with Gasteiger partial charge in [0.2, 0.25) is 15.9 Å². The third-order valence-corrected chi connectivity index (χ3v) is 11.2. The number of anilines is 1. The van der Waals surface area contributed by atoms with Gasteiger partial charge in [-0.25, -0.2) is 13.4 Å². The van der Waals surface area contributed by atoms with Crippen LogP contribution < -0.4 is 10.0 Å². The van der Waals surface area contributed by atoms with Crippen molar-refractivity contribution < 1.29 is 27.5 Å². The number of hydrogen-bond donors (Lipinski definition) is 3. The van der Waals surface area contributed by atoms with Crippen LogP contribution in [0.5, 0.6) is 0 Å². The van der Waals surface area contributed by atoms with Gasteiger partial charge in [-0.15, -0.1) is 11.3 Å². The van der Waals surface area contributed by atoms with E-state index in [-0.39, 0.29) is 42.7 Å². The van der Waals surface area contributed by atoms with Gasteiger partial charge in [-0.05, 0) is 79.7 Å². The third kappa shape index (κ3) is 7.76. The summed E-state index contributed by atoms with van der Waals surface area (Å²) >= 11 is 1.43. The summed E-state index contributed by atoms with van der Waals surface area (Å²) in [5, 5.41) is 13.3. The Bertz CT molecular complexity index is 1550. The summed E-state index contributed by atoms with van der Waals surface area (Å²) in [7, 11) is -4.23. The average molecular weight is 645 g/mol. The molecular weight excluding hydrogens is 604 g/mol. The summed E-state index contributed by atoms with van der Waals surface area (Å²) < 4.78 is 45.0. The van der Waals surface area contributed by atoms with Crippen LogP contribution in [0.3, 0.4) is 0 Å². The number of aromatic nitrogens is 1. The van der Waals surface area contributed by atoms with Crippen LogP contribution in [-0.2, 0) is 38.9 Å². The molecule has 2 aliphatic heterocycles. The van der Waals surface area contributed by atoms with Crippen LogP contribution in [0, 0.1) is 11.8 Å². The van der Waals surface area contributed by atoms with Crippen molar-refractivity contribution in [2.75, 3.05) is 31.6 Å². The maximum Gasteiger partial charge on any atom is 0.303 e. The van der Waals surface area contributed by atoms with Gasteiger partial charge in [0, 0.05) is 32.5 Å². The average Bonchev–Trinajstić information content (AvgIpc) is 3.42. The van der Waals surface area contributed by atoms with Crippen molar-refractivity contribution in [3.05, 3.63) is 52.5 Å². The smallest absolute Gasteiger partial charge is 0.303 e. The number of nitrogens with zero attached hydrogens (tertiary/aromatic N) is 2. The number of piperidine rings is 1. The molecule has 0 radical (unpaired) electrons. The highest BCUT2D eigenvalue weighted by Crippen LogP contribution is 2.35. The number of sulfonamides is 1. The van der Waals surface area contributed by atoms with Crippen molar-refractivity contribution in [1.82, 2.24) is 14.6 Å². The number of carboxylic acids is 1. The quantitative estimate of drug-likeness (QED) is 0.234. The van der Waals surface area contributed by atoms with Gasteiger partial charge < -0.3 is 15.3 Å². The minimum Gasteiger partial charge on any atom is -0.481 e. The molecule has 0 spiro atoms. The summed E-state index contributed by atoms with van der Waals surface area (Å²) in [4.78, 5) is 31.7. The first-order valence-corrected chi connectivity index (χ1v) is 17.8. The lowest BCUT2D eigenvalue weighted by atomic mass is 9.89. The van der Waals surface area contributed by atoms with Gasteiger partial charge in [0.25, 0.3) is 0 Å². The molecule has 9 nitrogen and oxygen atoms in total. The van der Waals surface area contributed by atoms with Crippen LogP contribution in [0.2, 0.25) is 0 Å². The minimum absolute atomic E-state index is 0.0362. The molecule has 1 saturated heterocycles. The van der Waals surface area contributed by atoms with E-state index in [1.54, 1.807) is 11.0 Å². The molecule has 1 aromatic heterocycles. The Kier molecular flexibility index (Phi) is 10.5. The number of thiazole rings is 1. The number of carbonyl (C=O) groups excluding carboxylic acids is 1. The molecule has 5 rings (SSSR count). The predicted octanol–water partition coefficient (Wildman–Crippen LogP) is 5.19. The Morgan fingerprint density at radius 3 is 2.66 bits per heavy atom. The first-order chi connectivity index (χ1) is 21.2. The largest absolute Gasteiger partial charge is 0.481 e. The zero-order chi connectivity index (χ0) is 31.3. The number of rotatable bonds is 13. The van der Waals surface area contributed by atoms with Crippen LogP contribution in [0.4, 0.5) is 10.1 Å². The molecule has 3 heterocycles. The molecule has 238 valence electrons. The second kappa shape index (κ2) is 14.3. The Morgan fingerprint density at radius 2 is 1.95 bits per heavy atom. The van der Waals surface area contributed by atoms with Crippen molar-refractivity contribution in [1.29, 1.82) is 0 Å². The fourth-order valence-electron chi connectivity index (χ4n) is 6.38. The lowest BCUT2D eigenvalue weighted by Crippen LogP contribution is -2.51. The topological polar surface area (TPSA) is 129 Å². The van der Waals surface area contributed by atoms with E-state index in [0.29, 0.717) is 67.5 Å². The second-order valence-corrected chi connectivity index (χ2v) is 14.8. The van der Waals surface area contributed by atoms with Gasteiger partial charge in [-0.1, -0.05) is 31.5 Å². The van der Waals surface area contributed by atoms with Crippen LogP contribution in [0.1, 0.15) is 61.6 Å². The normalized spacial score (nSPS) is 18.1. The fraction of sp³-hybridized carbons (Fsp3) is 0.531. The second-order valence-electron chi connectivity index (χ2n) is 12.0. The summed E-state index contributed by atoms with van der Waals surface area (Å²) in [6.07, 6.45) is 4.70. The number of alkyl halides is 1. The number of likely N-dealkylation sites (tertiary alicyclic amines) is 1. The van der Waals surface area contributed by atoms with Crippen LogP contribution in [0.25, 0.3) is 10.2 Å². The van der Waals surface area contributed by atoms with Crippen LogP contribution in [-0.4, -0.2) is 67.6 Å². The number of fused-ring (bicyclic) bond motifs is 2. The lowest BCUT2D eigenvalue weighted by Gasteiger charge is -2.34. The van der Waals surface area contributed by atoms with Crippen molar-refractivity contribution in [2.24, 2.45) is 11.8 Å². The first-order valence-electron chi connectivity index (χ1n) is 15.5. The highest BCUT2D eigenvalue weighted by Gasteiger charge is 2.35. The summed E-state index contributed by atoms with van der Waals surface area (Å²) in [6, 6.07) is 9.99. The van der Waals surface area contributed by atoms with E-state index in [2.05, 4.69) is 21.9 Å². The molecule has 1 amide bonds. The van der Waals surface area contributed by atoms with Crippen LogP contribution >= 0.6 is 11.3 Å².